The number of carbonyl (C=O) groups excluding carboxylic acids is 2. The number of amides is 2. The van der Waals surface area contributed by atoms with Gasteiger partial charge in [0.15, 0.2) is 11.9 Å². The third-order valence-corrected chi connectivity index (χ3v) is 4.41. The molecule has 25 heavy (non-hydrogen) atoms. The molecule has 2 heterocycles. The highest BCUT2D eigenvalue weighted by Crippen LogP contribution is 2.24. The van der Waals surface area contributed by atoms with E-state index < -0.39 is 6.10 Å². The molecule has 1 aliphatic heterocycles. The number of carbonyl (C=O) groups is 2. The Balaban J connectivity index is 1.54. The van der Waals surface area contributed by atoms with Gasteiger partial charge in [-0.05, 0) is 31.2 Å². The minimum absolute atomic E-state index is 0.120. The van der Waals surface area contributed by atoms with Crippen LogP contribution in [0.3, 0.4) is 0 Å². The Kier molecular flexibility index (Phi) is 5.28. The Labute approximate surface area is 150 Å². The number of piperazine rings is 1. The summed E-state index contributed by atoms with van der Waals surface area (Å²) < 4.78 is 10.8. The van der Waals surface area contributed by atoms with Crippen molar-refractivity contribution in [2.24, 2.45) is 0 Å². The van der Waals surface area contributed by atoms with E-state index in [-0.39, 0.29) is 11.8 Å². The standard InChI is InChI=1S/C18H19ClN2O4/c1-13(25-15-6-3-2-5-14(15)19)17(22)20-8-10-21(11-9-20)18(23)16-7-4-12-24-16/h2-7,12-13H,8-11H2,1H3. The van der Waals surface area contributed by atoms with Gasteiger partial charge >= 0.3 is 0 Å². The highest BCUT2D eigenvalue weighted by molar-refractivity contribution is 6.32. The fraction of sp³-hybridized carbons (Fsp3) is 0.333. The molecule has 1 atom stereocenters. The zero-order chi connectivity index (χ0) is 17.8. The van der Waals surface area contributed by atoms with Crippen LogP contribution in [0.4, 0.5) is 0 Å². The predicted octanol–water partition coefficient (Wildman–Crippen LogP) is 2.68. The van der Waals surface area contributed by atoms with Gasteiger partial charge in [0.1, 0.15) is 5.75 Å². The Hall–Kier alpha value is -2.47. The first-order chi connectivity index (χ1) is 12.1. The lowest BCUT2D eigenvalue weighted by molar-refractivity contribution is -0.139. The summed E-state index contributed by atoms with van der Waals surface area (Å²) in [6, 6.07) is 10.4. The fourth-order valence-corrected chi connectivity index (χ4v) is 2.90. The van der Waals surface area contributed by atoms with Gasteiger partial charge in [0.2, 0.25) is 0 Å². The second-order valence-corrected chi connectivity index (χ2v) is 6.19. The molecule has 132 valence electrons. The predicted molar refractivity (Wildman–Crippen MR) is 92.7 cm³/mol. The molecular formula is C18H19ClN2O4. The number of nitrogens with zero attached hydrogens (tertiary/aromatic N) is 2. The van der Waals surface area contributed by atoms with Crippen molar-refractivity contribution in [3.63, 3.8) is 0 Å². The lowest BCUT2D eigenvalue weighted by atomic mass is 10.2. The SMILES string of the molecule is CC(Oc1ccccc1Cl)C(=O)N1CCN(C(=O)c2ccco2)CC1. The summed E-state index contributed by atoms with van der Waals surface area (Å²) in [6.07, 6.45) is 0.827. The molecule has 1 saturated heterocycles. The molecule has 2 amide bonds. The second-order valence-electron chi connectivity index (χ2n) is 5.79. The zero-order valence-corrected chi connectivity index (χ0v) is 14.6. The summed E-state index contributed by atoms with van der Waals surface area (Å²) in [6.45, 7) is 3.54. The van der Waals surface area contributed by atoms with Crippen LogP contribution >= 0.6 is 11.6 Å². The molecule has 0 radical (unpaired) electrons. The van der Waals surface area contributed by atoms with Gasteiger partial charge in [0.25, 0.3) is 11.8 Å². The molecule has 1 fully saturated rings. The highest BCUT2D eigenvalue weighted by Gasteiger charge is 2.29. The Morgan fingerprint density at radius 3 is 2.40 bits per heavy atom. The van der Waals surface area contributed by atoms with Crippen molar-refractivity contribution >= 4 is 23.4 Å². The number of rotatable bonds is 4. The summed E-state index contributed by atoms with van der Waals surface area (Å²) in [5.41, 5.74) is 0. The lowest BCUT2D eigenvalue weighted by Gasteiger charge is -2.35. The van der Waals surface area contributed by atoms with Crippen molar-refractivity contribution in [1.82, 2.24) is 9.80 Å². The molecule has 7 heteroatoms. The summed E-state index contributed by atoms with van der Waals surface area (Å²) >= 11 is 6.06. The molecular weight excluding hydrogens is 344 g/mol. The number of benzene rings is 1. The van der Waals surface area contributed by atoms with E-state index >= 15 is 0 Å². The largest absolute Gasteiger partial charge is 0.479 e. The van der Waals surface area contributed by atoms with Crippen molar-refractivity contribution in [1.29, 1.82) is 0 Å². The van der Waals surface area contributed by atoms with Crippen molar-refractivity contribution in [3.8, 4) is 5.75 Å². The molecule has 0 bridgehead atoms. The summed E-state index contributed by atoms with van der Waals surface area (Å²) in [5.74, 6) is 0.523. The van der Waals surface area contributed by atoms with E-state index in [9.17, 15) is 9.59 Å². The summed E-state index contributed by atoms with van der Waals surface area (Å²) in [4.78, 5) is 28.2. The van der Waals surface area contributed by atoms with Gasteiger partial charge in [-0.25, -0.2) is 0 Å². The minimum Gasteiger partial charge on any atom is -0.479 e. The van der Waals surface area contributed by atoms with E-state index in [2.05, 4.69) is 0 Å². The van der Waals surface area contributed by atoms with Crippen LogP contribution in [-0.4, -0.2) is 53.9 Å². The number of hydrogen-bond acceptors (Lipinski definition) is 4. The molecule has 0 spiro atoms. The van der Waals surface area contributed by atoms with Crippen LogP contribution in [-0.2, 0) is 4.79 Å². The Morgan fingerprint density at radius 2 is 1.76 bits per heavy atom. The quantitative estimate of drug-likeness (QED) is 0.839. The zero-order valence-electron chi connectivity index (χ0n) is 13.9. The number of para-hydroxylation sites is 1. The average molecular weight is 363 g/mol. The van der Waals surface area contributed by atoms with Gasteiger partial charge in [-0.3, -0.25) is 9.59 Å². The van der Waals surface area contributed by atoms with Gasteiger partial charge in [0.05, 0.1) is 11.3 Å². The van der Waals surface area contributed by atoms with Gasteiger partial charge in [0, 0.05) is 26.2 Å². The maximum atomic E-state index is 12.6. The average Bonchev–Trinajstić information content (AvgIpc) is 3.17. The van der Waals surface area contributed by atoms with Crippen LogP contribution in [0.1, 0.15) is 17.5 Å². The maximum absolute atomic E-state index is 12.6. The van der Waals surface area contributed by atoms with Gasteiger partial charge in [-0.2, -0.15) is 0 Å². The molecule has 1 aromatic carbocycles. The van der Waals surface area contributed by atoms with Crippen molar-refractivity contribution < 1.29 is 18.7 Å². The second kappa shape index (κ2) is 7.61. The molecule has 1 unspecified atom stereocenters. The molecule has 0 aliphatic carbocycles. The molecule has 1 aromatic heterocycles. The van der Waals surface area contributed by atoms with Crippen molar-refractivity contribution in [2.45, 2.75) is 13.0 Å². The van der Waals surface area contributed by atoms with Crippen LogP contribution in [0.15, 0.2) is 47.1 Å². The highest BCUT2D eigenvalue weighted by atomic mass is 35.5. The summed E-state index contributed by atoms with van der Waals surface area (Å²) in [5, 5.41) is 0.469. The number of furan rings is 1. The summed E-state index contributed by atoms with van der Waals surface area (Å²) in [7, 11) is 0. The normalized spacial score (nSPS) is 15.8. The minimum atomic E-state index is -0.646. The third-order valence-electron chi connectivity index (χ3n) is 4.10. The molecule has 3 rings (SSSR count). The number of hydrogen-bond donors (Lipinski definition) is 0. The van der Waals surface area contributed by atoms with E-state index in [1.807, 2.05) is 0 Å². The number of halogens is 1. The van der Waals surface area contributed by atoms with Gasteiger partial charge in [-0.1, -0.05) is 23.7 Å². The molecule has 6 nitrogen and oxygen atoms in total. The van der Waals surface area contributed by atoms with Crippen LogP contribution in [0.2, 0.25) is 5.02 Å². The molecule has 1 aliphatic rings. The fourth-order valence-electron chi connectivity index (χ4n) is 2.72. The molecule has 0 N–H and O–H groups in total. The van der Waals surface area contributed by atoms with Crippen molar-refractivity contribution in [2.75, 3.05) is 26.2 Å². The molecule has 2 aromatic rings. The van der Waals surface area contributed by atoms with E-state index in [1.54, 1.807) is 53.1 Å². The Morgan fingerprint density at radius 1 is 1.08 bits per heavy atom. The Bertz CT molecular complexity index is 739. The van der Waals surface area contributed by atoms with E-state index in [0.717, 1.165) is 0 Å². The van der Waals surface area contributed by atoms with Gasteiger partial charge < -0.3 is 19.0 Å². The van der Waals surface area contributed by atoms with E-state index in [0.29, 0.717) is 42.7 Å². The van der Waals surface area contributed by atoms with Crippen molar-refractivity contribution in [3.05, 3.63) is 53.4 Å². The van der Waals surface area contributed by atoms with Crippen LogP contribution < -0.4 is 4.74 Å². The van der Waals surface area contributed by atoms with Crippen LogP contribution in [0.5, 0.6) is 5.75 Å². The van der Waals surface area contributed by atoms with Crippen LogP contribution in [0, 0.1) is 0 Å². The van der Waals surface area contributed by atoms with Gasteiger partial charge in [-0.15, -0.1) is 0 Å². The number of ether oxygens (including phenoxy) is 1. The van der Waals surface area contributed by atoms with E-state index in [4.69, 9.17) is 20.8 Å². The first-order valence-electron chi connectivity index (χ1n) is 8.09. The molecule has 0 saturated carbocycles. The van der Waals surface area contributed by atoms with E-state index in [1.165, 1.54) is 6.26 Å². The third kappa shape index (κ3) is 3.96. The monoisotopic (exact) mass is 362 g/mol. The first kappa shape index (κ1) is 17.4. The van der Waals surface area contributed by atoms with Crippen LogP contribution in [0.25, 0.3) is 0 Å². The maximum Gasteiger partial charge on any atom is 0.289 e. The topological polar surface area (TPSA) is 63.0 Å². The smallest absolute Gasteiger partial charge is 0.289 e. The first-order valence-corrected chi connectivity index (χ1v) is 8.47. The lowest BCUT2D eigenvalue weighted by Crippen LogP contribution is -2.53.